The molecule has 0 aliphatic heterocycles. The Kier molecular flexibility index (Phi) is 3.69. The molecule has 0 saturated carbocycles. The number of terminal acetylenes is 1. The molecule has 0 aliphatic carbocycles. The quantitative estimate of drug-likeness (QED) is 0.836. The van der Waals surface area contributed by atoms with Gasteiger partial charge in [0.05, 0.1) is 0 Å². The normalized spacial score (nSPS) is 12.0. The van der Waals surface area contributed by atoms with Gasteiger partial charge in [0.2, 0.25) is 0 Å². The highest BCUT2D eigenvalue weighted by Crippen LogP contribution is 2.18. The topological polar surface area (TPSA) is 42.2 Å². The Bertz CT molecular complexity index is 559. The van der Waals surface area contributed by atoms with Gasteiger partial charge in [-0.2, -0.15) is 0 Å². The molecule has 1 aromatic carbocycles. The molecule has 0 spiro atoms. The summed E-state index contributed by atoms with van der Waals surface area (Å²) in [4.78, 5) is 12.0. The monoisotopic (exact) mass is 241 g/mol. The maximum absolute atomic E-state index is 12.0. The van der Waals surface area contributed by atoms with E-state index < -0.39 is 0 Å². The van der Waals surface area contributed by atoms with Gasteiger partial charge in [0.1, 0.15) is 5.58 Å². The Morgan fingerprint density at radius 1 is 1.50 bits per heavy atom. The van der Waals surface area contributed by atoms with Gasteiger partial charge in [0.15, 0.2) is 5.76 Å². The highest BCUT2D eigenvalue weighted by molar-refractivity contribution is 5.96. The van der Waals surface area contributed by atoms with Gasteiger partial charge in [0.25, 0.3) is 5.91 Å². The Labute approximate surface area is 106 Å². The Hall–Kier alpha value is -2.21. The number of nitrogens with one attached hydrogen (secondary N) is 1. The number of hydrogen-bond donors (Lipinski definition) is 1. The van der Waals surface area contributed by atoms with E-state index in [4.69, 9.17) is 10.8 Å². The zero-order valence-corrected chi connectivity index (χ0v) is 10.3. The Morgan fingerprint density at radius 2 is 2.28 bits per heavy atom. The van der Waals surface area contributed by atoms with Crippen molar-refractivity contribution in [3.63, 3.8) is 0 Å². The van der Waals surface area contributed by atoms with E-state index in [1.165, 1.54) is 0 Å². The molecule has 1 unspecified atom stereocenters. The summed E-state index contributed by atoms with van der Waals surface area (Å²) in [6.07, 6.45) is 6.59. The minimum Gasteiger partial charge on any atom is -0.451 e. The van der Waals surface area contributed by atoms with Crippen molar-refractivity contribution in [2.24, 2.45) is 0 Å². The van der Waals surface area contributed by atoms with E-state index >= 15 is 0 Å². The van der Waals surface area contributed by atoms with Crippen molar-refractivity contribution in [1.29, 1.82) is 0 Å². The fraction of sp³-hybridized carbons (Fsp3) is 0.267. The van der Waals surface area contributed by atoms with Gasteiger partial charge >= 0.3 is 0 Å². The fourth-order valence-electron chi connectivity index (χ4n) is 1.79. The van der Waals surface area contributed by atoms with Crippen LogP contribution >= 0.6 is 0 Å². The van der Waals surface area contributed by atoms with Crippen molar-refractivity contribution in [3.8, 4) is 12.3 Å². The molecule has 2 rings (SSSR count). The van der Waals surface area contributed by atoms with Gasteiger partial charge in [-0.15, -0.1) is 12.3 Å². The first-order valence-corrected chi connectivity index (χ1v) is 5.97. The van der Waals surface area contributed by atoms with Crippen LogP contribution in [0.5, 0.6) is 0 Å². The standard InChI is InChI=1S/C15H15NO2/c1-3-7-12(4-2)16-15(17)14-10-11-8-5-6-9-13(11)18-14/h1,5-6,8-10,12H,4,7H2,2H3,(H,16,17). The average Bonchev–Trinajstić information content (AvgIpc) is 2.82. The summed E-state index contributed by atoms with van der Waals surface area (Å²) in [5.74, 6) is 2.67. The molecule has 2 aromatic rings. The van der Waals surface area contributed by atoms with Crippen LogP contribution in [-0.2, 0) is 0 Å². The molecule has 0 fully saturated rings. The number of para-hydroxylation sites is 1. The molecule has 0 aliphatic rings. The minimum absolute atomic E-state index is 0.00397. The van der Waals surface area contributed by atoms with Gasteiger partial charge in [-0.1, -0.05) is 25.1 Å². The second-order valence-electron chi connectivity index (χ2n) is 4.14. The van der Waals surface area contributed by atoms with Gasteiger partial charge in [-0.3, -0.25) is 4.79 Å². The van der Waals surface area contributed by atoms with Crippen LogP contribution < -0.4 is 5.32 Å². The van der Waals surface area contributed by atoms with Gasteiger partial charge in [-0.25, -0.2) is 0 Å². The summed E-state index contributed by atoms with van der Waals surface area (Å²) < 4.78 is 5.49. The zero-order valence-electron chi connectivity index (χ0n) is 10.3. The molecule has 0 bridgehead atoms. The van der Waals surface area contributed by atoms with Crippen LogP contribution in [0.4, 0.5) is 0 Å². The lowest BCUT2D eigenvalue weighted by Gasteiger charge is -2.12. The van der Waals surface area contributed by atoms with Crippen LogP contribution in [0.25, 0.3) is 11.0 Å². The second-order valence-corrected chi connectivity index (χ2v) is 4.14. The summed E-state index contributed by atoms with van der Waals surface area (Å²) in [7, 11) is 0. The van der Waals surface area contributed by atoms with Crippen LogP contribution in [0.15, 0.2) is 34.7 Å². The molecule has 1 amide bonds. The molecule has 1 aromatic heterocycles. The van der Waals surface area contributed by atoms with Gasteiger partial charge in [-0.05, 0) is 18.6 Å². The lowest BCUT2D eigenvalue weighted by atomic mass is 10.1. The summed E-state index contributed by atoms with van der Waals surface area (Å²) >= 11 is 0. The maximum Gasteiger partial charge on any atom is 0.287 e. The van der Waals surface area contributed by atoms with E-state index in [-0.39, 0.29) is 11.9 Å². The van der Waals surface area contributed by atoms with Crippen LogP contribution in [-0.4, -0.2) is 11.9 Å². The molecule has 0 saturated heterocycles. The molecule has 1 N–H and O–H groups in total. The highest BCUT2D eigenvalue weighted by atomic mass is 16.3. The molecule has 3 heteroatoms. The highest BCUT2D eigenvalue weighted by Gasteiger charge is 2.15. The van der Waals surface area contributed by atoms with Crippen LogP contribution in [0, 0.1) is 12.3 Å². The number of carbonyl (C=O) groups excluding carboxylic acids is 1. The van der Waals surface area contributed by atoms with Crippen molar-refractivity contribution in [2.45, 2.75) is 25.8 Å². The molecule has 18 heavy (non-hydrogen) atoms. The number of fused-ring (bicyclic) bond motifs is 1. The number of benzene rings is 1. The van der Waals surface area contributed by atoms with Crippen molar-refractivity contribution >= 4 is 16.9 Å². The molecule has 92 valence electrons. The average molecular weight is 241 g/mol. The first-order chi connectivity index (χ1) is 8.74. The third kappa shape index (κ3) is 2.54. The predicted molar refractivity (Wildman–Crippen MR) is 71.2 cm³/mol. The number of hydrogen-bond acceptors (Lipinski definition) is 2. The molecule has 3 nitrogen and oxygen atoms in total. The van der Waals surface area contributed by atoms with Gasteiger partial charge < -0.3 is 9.73 Å². The minimum atomic E-state index is -0.215. The second kappa shape index (κ2) is 5.42. The summed E-state index contributed by atoms with van der Waals surface area (Å²) in [5.41, 5.74) is 0.715. The zero-order chi connectivity index (χ0) is 13.0. The van der Waals surface area contributed by atoms with E-state index in [1.54, 1.807) is 6.07 Å². The number of carbonyl (C=O) groups is 1. The van der Waals surface area contributed by atoms with E-state index in [1.807, 2.05) is 31.2 Å². The molecular formula is C15H15NO2. The summed E-state index contributed by atoms with van der Waals surface area (Å²) in [5, 5.41) is 3.79. The Morgan fingerprint density at radius 3 is 2.94 bits per heavy atom. The SMILES string of the molecule is C#CCC(CC)NC(=O)c1cc2ccccc2o1. The lowest BCUT2D eigenvalue weighted by Crippen LogP contribution is -2.33. The van der Waals surface area contributed by atoms with Crippen molar-refractivity contribution in [1.82, 2.24) is 5.32 Å². The van der Waals surface area contributed by atoms with E-state index in [2.05, 4.69) is 11.2 Å². The first-order valence-electron chi connectivity index (χ1n) is 5.97. The first kappa shape index (κ1) is 12.3. The third-order valence-corrected chi connectivity index (χ3v) is 2.84. The van der Waals surface area contributed by atoms with E-state index in [0.717, 1.165) is 11.8 Å². The summed E-state index contributed by atoms with van der Waals surface area (Å²) in [6, 6.07) is 9.27. The van der Waals surface area contributed by atoms with Crippen molar-refractivity contribution in [2.75, 3.05) is 0 Å². The van der Waals surface area contributed by atoms with E-state index in [9.17, 15) is 4.79 Å². The maximum atomic E-state index is 12.0. The largest absolute Gasteiger partial charge is 0.451 e. The molecule has 1 atom stereocenters. The van der Waals surface area contributed by atoms with Crippen molar-refractivity contribution in [3.05, 3.63) is 36.1 Å². The molecule has 0 radical (unpaired) electrons. The van der Waals surface area contributed by atoms with Crippen LogP contribution in [0.3, 0.4) is 0 Å². The Balaban J connectivity index is 2.16. The van der Waals surface area contributed by atoms with Crippen LogP contribution in [0.1, 0.15) is 30.3 Å². The third-order valence-electron chi connectivity index (χ3n) is 2.84. The lowest BCUT2D eigenvalue weighted by molar-refractivity contribution is 0.0911. The number of furan rings is 1. The molecular weight excluding hydrogens is 226 g/mol. The van der Waals surface area contributed by atoms with Crippen LogP contribution in [0.2, 0.25) is 0 Å². The van der Waals surface area contributed by atoms with Crippen molar-refractivity contribution < 1.29 is 9.21 Å². The van der Waals surface area contributed by atoms with E-state index in [0.29, 0.717) is 17.8 Å². The van der Waals surface area contributed by atoms with Gasteiger partial charge in [0, 0.05) is 17.8 Å². The fourth-order valence-corrected chi connectivity index (χ4v) is 1.79. The smallest absolute Gasteiger partial charge is 0.287 e. The predicted octanol–water partition coefficient (Wildman–Crippen LogP) is 2.96. The number of rotatable bonds is 4. The molecule has 1 heterocycles. The number of amides is 1. The summed E-state index contributed by atoms with van der Waals surface area (Å²) in [6.45, 7) is 1.99.